The molecule has 7 nitrogen and oxygen atoms in total. The van der Waals surface area contributed by atoms with E-state index in [0.29, 0.717) is 19.4 Å². The van der Waals surface area contributed by atoms with Gasteiger partial charge in [-0.2, -0.15) is 0 Å². The van der Waals surface area contributed by atoms with Gasteiger partial charge < -0.3 is 20.5 Å². The fraction of sp³-hybridized carbons (Fsp3) is 0.643. The van der Waals surface area contributed by atoms with Crippen molar-refractivity contribution in [2.75, 3.05) is 6.54 Å². The third kappa shape index (κ3) is 6.78. The summed E-state index contributed by atoms with van der Waals surface area (Å²) in [5, 5.41) is 14.0. The third-order valence-electron chi connectivity index (χ3n) is 2.87. The van der Waals surface area contributed by atoms with Gasteiger partial charge in [-0.25, -0.2) is 9.59 Å². The molecule has 0 bridgehead atoms. The van der Waals surface area contributed by atoms with Crippen LogP contribution in [0.3, 0.4) is 0 Å². The summed E-state index contributed by atoms with van der Waals surface area (Å²) in [4.78, 5) is 33.9. The highest BCUT2D eigenvalue weighted by molar-refractivity contribution is 5.81. The monoisotopic (exact) mass is 298 g/mol. The Hall–Kier alpha value is -2.05. The van der Waals surface area contributed by atoms with Crippen molar-refractivity contribution in [3.63, 3.8) is 0 Å². The first-order valence-electron chi connectivity index (χ1n) is 6.86. The predicted octanol–water partition coefficient (Wildman–Crippen LogP) is 1.05. The Kier molecular flexibility index (Phi) is 5.75. The number of aliphatic carboxylic acids is 1. The molecule has 0 aromatic heterocycles. The quantitative estimate of drug-likeness (QED) is 0.658. The normalized spacial score (nSPS) is 20.1. The van der Waals surface area contributed by atoms with Gasteiger partial charge in [0.1, 0.15) is 5.60 Å². The second-order valence-corrected chi connectivity index (χ2v) is 5.96. The standard InChI is InChI=1S/C14H22N2O5/c1-14(2,3)21-13(20)16-10(4-5-11(17)18)8-9-6-7-15-12(9)19/h4-5,9-10H,6-8H2,1-3H3,(H,15,19)(H,16,20)(H,17,18)/t9-,10?/m0/s1. The fourth-order valence-electron chi connectivity index (χ4n) is 2.02. The molecule has 1 fully saturated rings. The van der Waals surface area contributed by atoms with E-state index in [0.717, 1.165) is 6.08 Å². The molecule has 1 unspecified atom stereocenters. The fourth-order valence-corrected chi connectivity index (χ4v) is 2.02. The molecule has 1 aliphatic heterocycles. The van der Waals surface area contributed by atoms with Gasteiger partial charge >= 0.3 is 12.1 Å². The molecular formula is C14H22N2O5. The molecule has 0 aliphatic carbocycles. The molecule has 1 rings (SSSR count). The van der Waals surface area contributed by atoms with Gasteiger partial charge in [0.05, 0.1) is 6.04 Å². The van der Waals surface area contributed by atoms with Crippen molar-refractivity contribution < 1.29 is 24.2 Å². The number of carboxylic acids is 1. The Balaban J connectivity index is 2.65. The van der Waals surface area contributed by atoms with Crippen LogP contribution in [0.1, 0.15) is 33.6 Å². The van der Waals surface area contributed by atoms with Gasteiger partial charge in [-0.1, -0.05) is 6.08 Å². The van der Waals surface area contributed by atoms with Crippen molar-refractivity contribution in [3.05, 3.63) is 12.2 Å². The first-order chi connectivity index (χ1) is 9.67. The van der Waals surface area contributed by atoms with Gasteiger partial charge in [0.2, 0.25) is 5.91 Å². The Bertz CT molecular complexity index is 439. The molecule has 118 valence electrons. The molecule has 1 heterocycles. The number of nitrogens with one attached hydrogen (secondary N) is 2. The summed E-state index contributed by atoms with van der Waals surface area (Å²) in [5.74, 6) is -1.42. The van der Waals surface area contributed by atoms with E-state index in [9.17, 15) is 14.4 Å². The molecule has 2 atom stereocenters. The minimum atomic E-state index is -1.11. The summed E-state index contributed by atoms with van der Waals surface area (Å²) in [6.45, 7) is 5.81. The Morgan fingerprint density at radius 1 is 1.52 bits per heavy atom. The van der Waals surface area contributed by atoms with Gasteiger partial charge in [-0.15, -0.1) is 0 Å². The molecular weight excluding hydrogens is 276 g/mol. The maximum Gasteiger partial charge on any atom is 0.408 e. The summed E-state index contributed by atoms with van der Waals surface area (Å²) < 4.78 is 5.13. The maximum absolute atomic E-state index is 11.8. The summed E-state index contributed by atoms with van der Waals surface area (Å²) in [5.41, 5.74) is -0.643. The zero-order valence-electron chi connectivity index (χ0n) is 12.5. The minimum absolute atomic E-state index is 0.0743. The molecule has 0 aromatic carbocycles. The molecule has 0 spiro atoms. The van der Waals surface area contributed by atoms with E-state index in [-0.39, 0.29) is 11.8 Å². The minimum Gasteiger partial charge on any atom is -0.478 e. The number of hydrogen-bond acceptors (Lipinski definition) is 4. The number of rotatable bonds is 5. The van der Waals surface area contributed by atoms with Crippen LogP contribution >= 0.6 is 0 Å². The predicted molar refractivity (Wildman–Crippen MR) is 75.7 cm³/mol. The molecule has 0 radical (unpaired) electrons. The molecule has 0 saturated carbocycles. The lowest BCUT2D eigenvalue weighted by Gasteiger charge is -2.23. The molecule has 3 N–H and O–H groups in total. The second-order valence-electron chi connectivity index (χ2n) is 5.96. The molecule has 21 heavy (non-hydrogen) atoms. The van der Waals surface area contributed by atoms with Gasteiger partial charge in [0.25, 0.3) is 0 Å². The Morgan fingerprint density at radius 3 is 2.67 bits per heavy atom. The number of hydrogen-bond donors (Lipinski definition) is 3. The lowest BCUT2D eigenvalue weighted by Crippen LogP contribution is -2.40. The van der Waals surface area contributed by atoms with Crippen molar-refractivity contribution in [3.8, 4) is 0 Å². The van der Waals surface area contributed by atoms with Crippen LogP contribution in [-0.4, -0.2) is 41.3 Å². The number of amides is 2. The van der Waals surface area contributed by atoms with Crippen molar-refractivity contribution in [1.29, 1.82) is 0 Å². The highest BCUT2D eigenvalue weighted by Gasteiger charge is 2.28. The lowest BCUT2D eigenvalue weighted by atomic mass is 9.98. The molecule has 7 heteroatoms. The first-order valence-corrected chi connectivity index (χ1v) is 6.86. The maximum atomic E-state index is 11.8. The van der Waals surface area contributed by atoms with E-state index >= 15 is 0 Å². The second kappa shape index (κ2) is 7.10. The van der Waals surface area contributed by atoms with E-state index in [4.69, 9.17) is 9.84 Å². The third-order valence-corrected chi connectivity index (χ3v) is 2.87. The van der Waals surface area contributed by atoms with Gasteiger partial charge in [-0.3, -0.25) is 4.79 Å². The van der Waals surface area contributed by atoms with Crippen LogP contribution in [0.15, 0.2) is 12.2 Å². The van der Waals surface area contributed by atoms with Crippen molar-refractivity contribution >= 4 is 18.0 Å². The Morgan fingerprint density at radius 2 is 2.19 bits per heavy atom. The van der Waals surface area contributed by atoms with Crippen molar-refractivity contribution in [2.24, 2.45) is 5.92 Å². The van der Waals surface area contributed by atoms with Crippen LogP contribution in [-0.2, 0) is 14.3 Å². The van der Waals surface area contributed by atoms with E-state index in [1.54, 1.807) is 20.8 Å². The van der Waals surface area contributed by atoms with Crippen LogP contribution in [0.2, 0.25) is 0 Å². The van der Waals surface area contributed by atoms with Crippen LogP contribution in [0.4, 0.5) is 4.79 Å². The van der Waals surface area contributed by atoms with E-state index in [1.165, 1.54) is 6.08 Å². The zero-order valence-corrected chi connectivity index (χ0v) is 12.5. The topological polar surface area (TPSA) is 105 Å². The zero-order chi connectivity index (χ0) is 16.0. The van der Waals surface area contributed by atoms with Crippen molar-refractivity contribution in [1.82, 2.24) is 10.6 Å². The Labute approximate surface area is 123 Å². The number of carboxylic acid groups (broad SMARTS) is 1. The SMILES string of the molecule is CC(C)(C)OC(=O)NC(C=CC(=O)O)C[C@@H]1CCNC1=O. The van der Waals surface area contributed by atoms with E-state index in [2.05, 4.69) is 10.6 Å². The average Bonchev–Trinajstić information content (AvgIpc) is 2.69. The smallest absolute Gasteiger partial charge is 0.408 e. The number of ether oxygens (including phenoxy) is 1. The lowest BCUT2D eigenvalue weighted by molar-refractivity contribution is -0.131. The number of alkyl carbamates (subject to hydrolysis) is 1. The van der Waals surface area contributed by atoms with Crippen molar-refractivity contribution in [2.45, 2.75) is 45.3 Å². The summed E-state index contributed by atoms with van der Waals surface area (Å²) in [6, 6.07) is -0.565. The highest BCUT2D eigenvalue weighted by Crippen LogP contribution is 2.17. The molecule has 0 aromatic rings. The summed E-state index contributed by atoms with van der Waals surface area (Å²) >= 11 is 0. The molecule has 2 amide bonds. The summed E-state index contributed by atoms with van der Waals surface area (Å²) in [6.07, 6.45) is 2.69. The van der Waals surface area contributed by atoms with Gasteiger partial charge in [0.15, 0.2) is 0 Å². The largest absolute Gasteiger partial charge is 0.478 e. The molecule has 1 aliphatic rings. The van der Waals surface area contributed by atoms with Gasteiger partial charge in [-0.05, 0) is 33.6 Å². The van der Waals surface area contributed by atoms with Crippen LogP contribution in [0.25, 0.3) is 0 Å². The average molecular weight is 298 g/mol. The van der Waals surface area contributed by atoms with Crippen LogP contribution in [0, 0.1) is 5.92 Å². The van der Waals surface area contributed by atoms with Crippen LogP contribution < -0.4 is 10.6 Å². The number of carbonyl (C=O) groups is 3. The van der Waals surface area contributed by atoms with Gasteiger partial charge in [0, 0.05) is 18.5 Å². The summed E-state index contributed by atoms with van der Waals surface area (Å²) in [7, 11) is 0. The van der Waals surface area contributed by atoms with Crippen LogP contribution in [0.5, 0.6) is 0 Å². The van der Waals surface area contributed by atoms with E-state index < -0.39 is 23.7 Å². The first kappa shape index (κ1) is 17.0. The number of carbonyl (C=O) groups excluding carboxylic acids is 2. The highest BCUT2D eigenvalue weighted by atomic mass is 16.6. The van der Waals surface area contributed by atoms with E-state index in [1.807, 2.05) is 0 Å². The molecule has 1 saturated heterocycles.